The molecule has 0 saturated heterocycles. The second-order valence-corrected chi connectivity index (χ2v) is 6.62. The van der Waals surface area contributed by atoms with Crippen LogP contribution >= 0.6 is 23.2 Å². The molecule has 0 saturated carbocycles. The highest BCUT2D eigenvalue weighted by atomic mass is 35.5. The van der Waals surface area contributed by atoms with Crippen LogP contribution in [0.4, 0.5) is 4.39 Å². The quantitative estimate of drug-likeness (QED) is 0.427. The van der Waals surface area contributed by atoms with E-state index in [-0.39, 0.29) is 23.0 Å². The van der Waals surface area contributed by atoms with Crippen molar-refractivity contribution in [2.24, 2.45) is 5.10 Å². The number of amides is 1. The van der Waals surface area contributed by atoms with Crippen molar-refractivity contribution in [3.05, 3.63) is 99.3 Å². The molecule has 0 aliphatic heterocycles. The molecular weight excluding hydrogens is 402 g/mol. The first-order valence-electron chi connectivity index (χ1n) is 8.27. The molecule has 0 aliphatic carbocycles. The van der Waals surface area contributed by atoms with Gasteiger partial charge in [-0.3, -0.25) is 4.79 Å². The van der Waals surface area contributed by atoms with Crippen LogP contribution < -0.4 is 10.2 Å². The maximum absolute atomic E-state index is 13.6. The molecule has 3 aromatic carbocycles. The van der Waals surface area contributed by atoms with Crippen molar-refractivity contribution in [2.75, 3.05) is 0 Å². The number of ether oxygens (including phenoxy) is 1. The molecule has 1 N–H and O–H groups in total. The zero-order valence-corrected chi connectivity index (χ0v) is 16.0. The first-order chi connectivity index (χ1) is 13.5. The Labute approximate surface area is 171 Å². The van der Waals surface area contributed by atoms with Gasteiger partial charge in [-0.1, -0.05) is 53.5 Å². The molecule has 4 nitrogen and oxygen atoms in total. The van der Waals surface area contributed by atoms with E-state index >= 15 is 0 Å². The molecule has 28 heavy (non-hydrogen) atoms. The first kappa shape index (κ1) is 19.9. The fourth-order valence-corrected chi connectivity index (χ4v) is 2.85. The Morgan fingerprint density at radius 1 is 1.07 bits per heavy atom. The predicted octanol–water partition coefficient (Wildman–Crippen LogP) is 5.48. The summed E-state index contributed by atoms with van der Waals surface area (Å²) in [7, 11) is 0. The van der Waals surface area contributed by atoms with Gasteiger partial charge in [0, 0.05) is 10.6 Å². The lowest BCUT2D eigenvalue weighted by Gasteiger charge is -2.07. The van der Waals surface area contributed by atoms with Gasteiger partial charge in [-0.25, -0.2) is 9.82 Å². The minimum atomic E-state index is -0.454. The minimum Gasteiger partial charge on any atom is -0.489 e. The molecule has 7 heteroatoms. The van der Waals surface area contributed by atoms with E-state index in [9.17, 15) is 9.18 Å². The van der Waals surface area contributed by atoms with E-state index in [1.165, 1.54) is 24.4 Å². The number of nitrogens with zero attached hydrogens (tertiary/aromatic N) is 1. The van der Waals surface area contributed by atoms with Crippen LogP contribution in [-0.4, -0.2) is 12.1 Å². The summed E-state index contributed by atoms with van der Waals surface area (Å²) in [6.45, 7) is 0.110. The summed E-state index contributed by atoms with van der Waals surface area (Å²) < 4.78 is 19.3. The van der Waals surface area contributed by atoms with Gasteiger partial charge < -0.3 is 4.74 Å². The Kier molecular flexibility index (Phi) is 6.63. The molecule has 3 rings (SSSR count). The summed E-state index contributed by atoms with van der Waals surface area (Å²) in [6, 6.07) is 18.1. The summed E-state index contributed by atoms with van der Waals surface area (Å²) in [4.78, 5) is 12.1. The molecule has 0 atom stereocenters. The van der Waals surface area contributed by atoms with Crippen molar-refractivity contribution in [1.29, 1.82) is 0 Å². The summed E-state index contributed by atoms with van der Waals surface area (Å²) in [5.41, 5.74) is 3.84. The smallest absolute Gasteiger partial charge is 0.272 e. The van der Waals surface area contributed by atoms with Crippen LogP contribution in [0.3, 0.4) is 0 Å². The highest BCUT2D eigenvalue weighted by Crippen LogP contribution is 2.21. The predicted molar refractivity (Wildman–Crippen MR) is 109 cm³/mol. The number of nitrogens with one attached hydrogen (secondary N) is 1. The Morgan fingerprint density at radius 2 is 1.89 bits per heavy atom. The Balaban J connectivity index is 1.61. The third kappa shape index (κ3) is 5.31. The van der Waals surface area contributed by atoms with E-state index in [2.05, 4.69) is 10.5 Å². The molecular formula is C21H15Cl2FN2O2. The second-order valence-electron chi connectivity index (χ2n) is 5.78. The molecule has 0 aromatic heterocycles. The lowest BCUT2D eigenvalue weighted by atomic mass is 10.2. The number of carbonyl (C=O) groups excluding carboxylic acids is 1. The van der Waals surface area contributed by atoms with Gasteiger partial charge >= 0.3 is 0 Å². The SMILES string of the molecule is O=C(N/N=C/c1cccc(OCc2ccccc2F)c1)c1ccc(Cl)cc1Cl. The van der Waals surface area contributed by atoms with Crippen LogP contribution in [0.25, 0.3) is 0 Å². The van der Waals surface area contributed by atoms with Gasteiger partial charge in [0.15, 0.2) is 0 Å². The topological polar surface area (TPSA) is 50.7 Å². The molecule has 0 aliphatic rings. The summed E-state index contributed by atoms with van der Waals surface area (Å²) >= 11 is 11.8. The number of hydrazone groups is 1. The zero-order chi connectivity index (χ0) is 19.9. The van der Waals surface area contributed by atoms with Crippen LogP contribution in [0.2, 0.25) is 10.0 Å². The monoisotopic (exact) mass is 416 g/mol. The van der Waals surface area contributed by atoms with E-state index in [1.54, 1.807) is 48.5 Å². The maximum atomic E-state index is 13.6. The zero-order valence-electron chi connectivity index (χ0n) is 14.5. The van der Waals surface area contributed by atoms with E-state index in [4.69, 9.17) is 27.9 Å². The van der Waals surface area contributed by atoms with Crippen molar-refractivity contribution in [1.82, 2.24) is 5.43 Å². The summed E-state index contributed by atoms with van der Waals surface area (Å²) in [5, 5.41) is 4.60. The number of hydrogen-bond acceptors (Lipinski definition) is 3. The van der Waals surface area contributed by atoms with Crippen LogP contribution in [0.1, 0.15) is 21.5 Å². The molecule has 3 aromatic rings. The van der Waals surface area contributed by atoms with E-state index in [0.717, 1.165) is 0 Å². The fourth-order valence-electron chi connectivity index (χ4n) is 2.36. The second kappa shape index (κ2) is 9.35. The van der Waals surface area contributed by atoms with Gasteiger partial charge in [0.1, 0.15) is 18.2 Å². The molecule has 0 unspecified atom stereocenters. The Hall–Kier alpha value is -2.89. The largest absolute Gasteiger partial charge is 0.489 e. The highest BCUT2D eigenvalue weighted by Gasteiger charge is 2.09. The molecule has 0 heterocycles. The number of rotatable bonds is 6. The average Bonchev–Trinajstić information content (AvgIpc) is 2.67. The number of benzene rings is 3. The maximum Gasteiger partial charge on any atom is 0.272 e. The van der Waals surface area contributed by atoms with Crippen LogP contribution in [0.5, 0.6) is 5.75 Å². The van der Waals surface area contributed by atoms with E-state index in [0.29, 0.717) is 21.9 Å². The molecule has 0 spiro atoms. The van der Waals surface area contributed by atoms with Crippen LogP contribution in [-0.2, 0) is 6.61 Å². The van der Waals surface area contributed by atoms with Crippen molar-refractivity contribution < 1.29 is 13.9 Å². The minimum absolute atomic E-state index is 0.110. The highest BCUT2D eigenvalue weighted by molar-refractivity contribution is 6.36. The van der Waals surface area contributed by atoms with Gasteiger partial charge in [0.05, 0.1) is 16.8 Å². The molecule has 1 amide bonds. The van der Waals surface area contributed by atoms with Gasteiger partial charge in [-0.2, -0.15) is 5.10 Å². The standard InChI is InChI=1S/C21H15Cl2FN2O2/c22-16-8-9-18(19(23)11-16)21(27)26-25-12-14-4-3-6-17(10-14)28-13-15-5-1-2-7-20(15)24/h1-12H,13H2,(H,26,27)/b25-12+. The Bertz CT molecular complexity index is 1020. The molecule has 142 valence electrons. The van der Waals surface area contributed by atoms with E-state index in [1.807, 2.05) is 0 Å². The van der Waals surface area contributed by atoms with Crippen molar-refractivity contribution >= 4 is 35.3 Å². The Morgan fingerprint density at radius 3 is 2.68 bits per heavy atom. The average molecular weight is 417 g/mol. The van der Waals surface area contributed by atoms with Gasteiger partial charge in [0.25, 0.3) is 5.91 Å². The van der Waals surface area contributed by atoms with Gasteiger partial charge in [0.2, 0.25) is 0 Å². The normalized spacial score (nSPS) is 10.8. The number of carbonyl (C=O) groups is 1. The third-order valence-corrected chi connectivity index (χ3v) is 4.31. The summed E-state index contributed by atoms with van der Waals surface area (Å²) in [5.74, 6) is -0.215. The van der Waals surface area contributed by atoms with Crippen LogP contribution in [0, 0.1) is 5.82 Å². The van der Waals surface area contributed by atoms with Crippen molar-refractivity contribution in [3.8, 4) is 5.75 Å². The molecule has 0 bridgehead atoms. The molecule has 0 fully saturated rings. The van der Waals surface area contributed by atoms with Crippen LogP contribution in [0.15, 0.2) is 71.8 Å². The van der Waals surface area contributed by atoms with Crippen molar-refractivity contribution in [3.63, 3.8) is 0 Å². The van der Waals surface area contributed by atoms with Gasteiger partial charge in [-0.05, 0) is 42.0 Å². The number of halogens is 3. The summed E-state index contributed by atoms with van der Waals surface area (Å²) in [6.07, 6.45) is 1.47. The molecule has 0 radical (unpaired) electrons. The van der Waals surface area contributed by atoms with E-state index < -0.39 is 5.91 Å². The first-order valence-corrected chi connectivity index (χ1v) is 9.03. The van der Waals surface area contributed by atoms with Gasteiger partial charge in [-0.15, -0.1) is 0 Å². The number of hydrogen-bond donors (Lipinski definition) is 1. The van der Waals surface area contributed by atoms with Crippen molar-refractivity contribution in [2.45, 2.75) is 6.61 Å². The lowest BCUT2D eigenvalue weighted by Crippen LogP contribution is -2.18. The lowest BCUT2D eigenvalue weighted by molar-refractivity contribution is 0.0955. The third-order valence-electron chi connectivity index (χ3n) is 3.77. The fraction of sp³-hybridized carbons (Fsp3) is 0.0476.